The summed E-state index contributed by atoms with van der Waals surface area (Å²) in [7, 11) is -9.90. The number of allylic oxidation sites excluding steroid dienone is 17. The molecule has 0 aromatic carbocycles. The molecular formula is C51H83NO16P2S. The third-order valence-corrected chi connectivity index (χ3v) is 12.5. The van der Waals surface area contributed by atoms with Crippen molar-refractivity contribution < 1.29 is 76.6 Å². The molecule has 0 aromatic rings. The molecule has 6 atom stereocenters. The molecule has 0 saturated carbocycles. The average molecular weight is 1060 g/mol. The summed E-state index contributed by atoms with van der Waals surface area (Å²) in [5.41, 5.74) is 6.16. The number of phosphoric ester groups is 2. The van der Waals surface area contributed by atoms with Gasteiger partial charge in [-0.25, -0.2) is 9.13 Å². The number of aliphatic hydroxyl groups excluding tert-OH is 2. The topological polar surface area (TPSA) is 279 Å². The minimum absolute atomic E-state index is 0.0168. The second-order valence-electron chi connectivity index (χ2n) is 16.2. The lowest BCUT2D eigenvalue weighted by Crippen LogP contribution is -2.38. The van der Waals surface area contributed by atoms with Gasteiger partial charge in [-0.15, -0.1) is 11.8 Å². The van der Waals surface area contributed by atoms with Gasteiger partial charge in [-0.05, 0) is 83.5 Å². The number of aliphatic carboxylic acids is 1. The lowest BCUT2D eigenvalue weighted by molar-refractivity contribution is -0.161. The zero-order valence-electron chi connectivity index (χ0n) is 41.7. The van der Waals surface area contributed by atoms with E-state index in [9.17, 15) is 38.6 Å². The van der Waals surface area contributed by atoms with E-state index in [0.717, 1.165) is 69.5 Å². The molecule has 0 radical (unpaired) electrons. The lowest BCUT2D eigenvalue weighted by atomic mass is 10.1. The number of thioether (sulfide) groups is 1. The maximum atomic E-state index is 13.1. The van der Waals surface area contributed by atoms with Crippen LogP contribution in [0.1, 0.15) is 129 Å². The Morgan fingerprint density at radius 1 is 0.620 bits per heavy atom. The molecular weight excluding hydrogens is 977 g/mol. The van der Waals surface area contributed by atoms with Crippen LogP contribution < -0.4 is 5.73 Å². The first-order valence-corrected chi connectivity index (χ1v) is 28.6. The number of carboxylic acid groups (broad SMARTS) is 1. The zero-order chi connectivity index (χ0) is 52.9. The van der Waals surface area contributed by atoms with Crippen LogP contribution in [0.2, 0.25) is 0 Å². The maximum Gasteiger partial charge on any atom is 0.472 e. The van der Waals surface area contributed by atoms with Crippen molar-refractivity contribution in [2.24, 2.45) is 5.73 Å². The summed E-state index contributed by atoms with van der Waals surface area (Å²) in [6.07, 6.45) is 45.5. The summed E-state index contributed by atoms with van der Waals surface area (Å²) >= 11 is 1.15. The molecule has 0 amide bonds. The molecule has 0 saturated heterocycles. The van der Waals surface area contributed by atoms with Crippen LogP contribution in [0.4, 0.5) is 0 Å². The smallest absolute Gasteiger partial charge is 0.472 e. The van der Waals surface area contributed by atoms with Crippen molar-refractivity contribution in [2.45, 2.75) is 159 Å². The molecule has 0 aliphatic heterocycles. The van der Waals surface area contributed by atoms with Crippen LogP contribution in [0, 0.1) is 0 Å². The first-order valence-electron chi connectivity index (χ1n) is 24.5. The van der Waals surface area contributed by atoms with Crippen molar-refractivity contribution in [3.8, 4) is 0 Å². The van der Waals surface area contributed by atoms with E-state index in [1.165, 1.54) is 19.3 Å². The summed E-state index contributed by atoms with van der Waals surface area (Å²) in [6, 6.07) is -1.24. The van der Waals surface area contributed by atoms with Gasteiger partial charge in [0.25, 0.3) is 0 Å². The van der Waals surface area contributed by atoms with Crippen LogP contribution in [0.5, 0.6) is 0 Å². The number of hydrogen-bond acceptors (Lipinski definition) is 14. The standard InChI is InChI=1S/C51H83NO16P2S/c1-3-5-7-9-11-13-15-17-18-19-20-21-22-23-25-27-29-31-33-38-50(57)68-45(42-67-70(62,63)66-40-44(53)39-65-69(59,60)61)41-64-51(58)46(52)43-71-48(47(54)35-34-37-49(55)56)36-32-30-28-26-24-16-14-12-10-8-6-4-2/h5,7,11-14,17-18,20-21,23-26,28,30,32,36,44-48,53-54H,3-4,6,8-10,15-16,19,22,27,29,31,33-35,37-43,52H2,1-2H3,(H,55,56)(H,62,63)(H2,59,60,61)/b7-5-,13-11-,14-12-,18-17-,21-20-,25-23-,26-24-,30-28+,36-32+/t44-,45+,46-,47-,48+/m0/s1. The van der Waals surface area contributed by atoms with Gasteiger partial charge in [-0.1, -0.05) is 142 Å². The third-order valence-electron chi connectivity index (χ3n) is 9.63. The Labute approximate surface area is 426 Å². The highest BCUT2D eigenvalue weighted by molar-refractivity contribution is 8.00. The number of nitrogens with two attached hydrogens (primary N) is 1. The number of carbonyl (C=O) groups is 3. The van der Waals surface area contributed by atoms with Gasteiger partial charge < -0.3 is 45.2 Å². The summed E-state index contributed by atoms with van der Waals surface area (Å²) in [5.74, 6) is -2.65. The first-order chi connectivity index (χ1) is 34.0. The molecule has 0 spiro atoms. The number of carbonyl (C=O) groups excluding carboxylic acids is 2. The number of phosphoric acid groups is 2. The van der Waals surface area contributed by atoms with Crippen molar-refractivity contribution in [3.05, 3.63) is 109 Å². The van der Waals surface area contributed by atoms with Gasteiger partial charge in [0.05, 0.1) is 25.9 Å². The molecule has 404 valence electrons. The fourth-order valence-electron chi connectivity index (χ4n) is 5.81. The summed E-state index contributed by atoms with van der Waals surface area (Å²) in [4.78, 5) is 64.8. The highest BCUT2D eigenvalue weighted by Crippen LogP contribution is 2.44. The van der Waals surface area contributed by atoms with Crippen LogP contribution in [-0.4, -0.2) is 110 Å². The van der Waals surface area contributed by atoms with E-state index in [1.807, 2.05) is 18.2 Å². The van der Waals surface area contributed by atoms with Crippen LogP contribution in [0.25, 0.3) is 0 Å². The number of unbranched alkanes of at least 4 members (excludes halogenated alkanes) is 6. The zero-order valence-corrected chi connectivity index (χ0v) is 44.3. The molecule has 0 aromatic heterocycles. The largest absolute Gasteiger partial charge is 0.481 e. The lowest BCUT2D eigenvalue weighted by Gasteiger charge is -2.22. The first kappa shape index (κ1) is 67.5. The third kappa shape index (κ3) is 46.1. The van der Waals surface area contributed by atoms with E-state index < -0.39 is 89.6 Å². The number of esters is 2. The fraction of sp³-hybridized carbons (Fsp3) is 0.588. The Morgan fingerprint density at radius 2 is 1.17 bits per heavy atom. The number of hydrogen-bond donors (Lipinski definition) is 7. The monoisotopic (exact) mass is 1060 g/mol. The fourth-order valence-corrected chi connectivity index (χ4v) is 8.10. The van der Waals surface area contributed by atoms with Gasteiger partial charge in [0, 0.05) is 23.8 Å². The SMILES string of the molecule is CC/C=C\C/C=C\C/C=C\C/C=C\C/C=C\CCCCCC(=O)O[C@H](COC(=O)[C@@H](N)CS[C@H](/C=C/C=C/C=C\C/C=C\CCCCC)[C@@H](O)CCCC(=O)O)COP(=O)(O)OC[C@@H](O)COP(=O)(O)O. The molecule has 0 aliphatic carbocycles. The van der Waals surface area contributed by atoms with Crippen molar-refractivity contribution in [1.82, 2.24) is 0 Å². The molecule has 0 bridgehead atoms. The van der Waals surface area contributed by atoms with Gasteiger partial charge in [0.2, 0.25) is 0 Å². The Morgan fingerprint density at radius 3 is 1.76 bits per heavy atom. The van der Waals surface area contributed by atoms with E-state index in [4.69, 9.17) is 34.6 Å². The van der Waals surface area contributed by atoms with E-state index in [-0.39, 0.29) is 31.4 Å². The molecule has 17 nitrogen and oxygen atoms in total. The Hall–Kier alpha value is -3.48. The Kier molecular flexibility index (Phi) is 42.9. The van der Waals surface area contributed by atoms with E-state index >= 15 is 0 Å². The number of aliphatic hydroxyl groups is 2. The predicted octanol–water partition coefficient (Wildman–Crippen LogP) is 9.99. The summed E-state index contributed by atoms with van der Waals surface area (Å²) < 4.78 is 48.0. The molecule has 0 rings (SSSR count). The van der Waals surface area contributed by atoms with Gasteiger partial charge in [-0.2, -0.15) is 0 Å². The minimum Gasteiger partial charge on any atom is -0.481 e. The molecule has 0 fully saturated rings. The highest BCUT2D eigenvalue weighted by atomic mass is 32.2. The van der Waals surface area contributed by atoms with Gasteiger partial charge >= 0.3 is 33.6 Å². The quantitative estimate of drug-likeness (QED) is 0.00982. The number of ether oxygens (including phenoxy) is 2. The van der Waals surface area contributed by atoms with E-state index in [2.05, 4.69) is 95.8 Å². The summed E-state index contributed by atoms with van der Waals surface area (Å²) in [5, 5.41) is 29.2. The molecule has 1 unspecified atom stereocenters. The van der Waals surface area contributed by atoms with E-state index in [1.54, 1.807) is 18.2 Å². The molecule has 71 heavy (non-hydrogen) atoms. The van der Waals surface area contributed by atoms with Gasteiger partial charge in [-0.3, -0.25) is 28.0 Å². The average Bonchev–Trinajstić information content (AvgIpc) is 3.32. The van der Waals surface area contributed by atoms with Crippen LogP contribution in [-0.2, 0) is 46.6 Å². The number of rotatable bonds is 45. The predicted molar refractivity (Wildman–Crippen MR) is 281 cm³/mol. The maximum absolute atomic E-state index is 13.1. The van der Waals surface area contributed by atoms with E-state index in [0.29, 0.717) is 12.8 Å². The van der Waals surface area contributed by atoms with Crippen LogP contribution in [0.3, 0.4) is 0 Å². The van der Waals surface area contributed by atoms with Crippen LogP contribution in [0.15, 0.2) is 109 Å². The molecule has 0 heterocycles. The van der Waals surface area contributed by atoms with Crippen molar-refractivity contribution in [1.29, 1.82) is 0 Å². The second kappa shape index (κ2) is 45.2. The van der Waals surface area contributed by atoms with Crippen molar-refractivity contribution in [2.75, 3.05) is 32.2 Å². The molecule has 8 N–H and O–H groups in total. The second-order valence-corrected chi connectivity index (χ2v) is 20.1. The van der Waals surface area contributed by atoms with Crippen LogP contribution >= 0.6 is 27.4 Å². The minimum atomic E-state index is -4.96. The van der Waals surface area contributed by atoms with Gasteiger partial charge in [0.15, 0.2) is 6.10 Å². The Bertz CT molecular complexity index is 1790. The Balaban J connectivity index is 5.36. The molecule has 20 heteroatoms. The van der Waals surface area contributed by atoms with Crippen molar-refractivity contribution >= 4 is 45.3 Å². The van der Waals surface area contributed by atoms with Gasteiger partial charge in [0.1, 0.15) is 18.8 Å². The number of carboxylic acids is 1. The highest BCUT2D eigenvalue weighted by Gasteiger charge is 2.29. The molecule has 0 aliphatic rings. The normalized spacial score (nSPS) is 15.9. The summed E-state index contributed by atoms with van der Waals surface area (Å²) in [6.45, 7) is 0.996. The van der Waals surface area contributed by atoms with Crippen molar-refractivity contribution in [3.63, 3.8) is 0 Å².